The first kappa shape index (κ1) is 14.8. The van der Waals surface area contributed by atoms with E-state index in [1.165, 1.54) is 24.8 Å². The van der Waals surface area contributed by atoms with Gasteiger partial charge in [0.05, 0.1) is 10.7 Å². The molecule has 1 fully saturated rings. The van der Waals surface area contributed by atoms with Crippen LogP contribution in [0, 0.1) is 5.92 Å². The zero-order valence-corrected chi connectivity index (χ0v) is 13.7. The van der Waals surface area contributed by atoms with Crippen LogP contribution in [0.5, 0.6) is 0 Å². The lowest BCUT2D eigenvalue weighted by Crippen LogP contribution is -2.31. The second-order valence-corrected chi connectivity index (χ2v) is 6.68. The second kappa shape index (κ2) is 6.75. The first-order valence-corrected chi connectivity index (χ1v) is 8.41. The predicted octanol–water partition coefficient (Wildman–Crippen LogP) is 2.14. The molecular weight excluding hydrogens is 332 g/mol. The Labute approximate surface area is 132 Å². The SMILES string of the molecule is O=c1c(NCC2=CCNCC2)c(Br)cnn1CC1CCC1. The number of nitrogens with one attached hydrogen (secondary N) is 2. The van der Waals surface area contributed by atoms with Gasteiger partial charge in [-0.05, 0) is 47.7 Å². The Bertz CT molecular complexity index is 592. The van der Waals surface area contributed by atoms with E-state index in [-0.39, 0.29) is 5.56 Å². The highest BCUT2D eigenvalue weighted by molar-refractivity contribution is 9.10. The van der Waals surface area contributed by atoms with Crippen molar-refractivity contribution in [2.45, 2.75) is 32.2 Å². The summed E-state index contributed by atoms with van der Waals surface area (Å²) in [5.41, 5.74) is 1.96. The Morgan fingerprint density at radius 3 is 3.00 bits per heavy atom. The molecule has 1 aromatic rings. The van der Waals surface area contributed by atoms with E-state index < -0.39 is 0 Å². The summed E-state index contributed by atoms with van der Waals surface area (Å²) in [6.45, 7) is 3.40. The van der Waals surface area contributed by atoms with Crippen LogP contribution in [0.2, 0.25) is 0 Å². The van der Waals surface area contributed by atoms with Gasteiger partial charge in [0.2, 0.25) is 0 Å². The Hall–Kier alpha value is -1.14. The van der Waals surface area contributed by atoms with Gasteiger partial charge < -0.3 is 10.6 Å². The number of rotatable bonds is 5. The van der Waals surface area contributed by atoms with Gasteiger partial charge in [-0.25, -0.2) is 4.68 Å². The van der Waals surface area contributed by atoms with Crippen LogP contribution in [-0.2, 0) is 6.54 Å². The van der Waals surface area contributed by atoms with Gasteiger partial charge in [0.25, 0.3) is 5.56 Å². The van der Waals surface area contributed by atoms with E-state index in [4.69, 9.17) is 0 Å². The largest absolute Gasteiger partial charge is 0.376 e. The summed E-state index contributed by atoms with van der Waals surface area (Å²) in [6, 6.07) is 0. The average Bonchev–Trinajstić information content (AvgIpc) is 2.45. The third kappa shape index (κ3) is 3.55. The lowest BCUT2D eigenvalue weighted by molar-refractivity contribution is 0.262. The first-order valence-electron chi connectivity index (χ1n) is 7.62. The zero-order valence-electron chi connectivity index (χ0n) is 12.1. The molecule has 5 nitrogen and oxygen atoms in total. The third-order valence-corrected chi connectivity index (χ3v) is 4.90. The van der Waals surface area contributed by atoms with Crippen molar-refractivity contribution >= 4 is 21.6 Å². The van der Waals surface area contributed by atoms with E-state index in [1.54, 1.807) is 10.9 Å². The highest BCUT2D eigenvalue weighted by Gasteiger charge is 2.20. The van der Waals surface area contributed by atoms with Gasteiger partial charge >= 0.3 is 0 Å². The lowest BCUT2D eigenvalue weighted by atomic mass is 9.85. The van der Waals surface area contributed by atoms with Crippen molar-refractivity contribution in [2.75, 3.05) is 25.0 Å². The van der Waals surface area contributed by atoms with Crippen molar-refractivity contribution < 1.29 is 0 Å². The number of hydrogen-bond donors (Lipinski definition) is 2. The molecule has 0 atom stereocenters. The van der Waals surface area contributed by atoms with Crippen LogP contribution in [0.1, 0.15) is 25.7 Å². The quantitative estimate of drug-likeness (QED) is 0.797. The molecule has 0 saturated heterocycles. The van der Waals surface area contributed by atoms with Gasteiger partial charge in [0.1, 0.15) is 5.69 Å². The Kier molecular flexibility index (Phi) is 4.75. The van der Waals surface area contributed by atoms with Gasteiger partial charge in [-0.1, -0.05) is 18.1 Å². The third-order valence-electron chi connectivity index (χ3n) is 4.30. The zero-order chi connectivity index (χ0) is 14.7. The molecular formula is C15H21BrN4O. The van der Waals surface area contributed by atoms with Crippen molar-refractivity contribution in [3.05, 3.63) is 32.7 Å². The molecule has 2 aliphatic rings. The van der Waals surface area contributed by atoms with E-state index in [2.05, 4.69) is 37.7 Å². The molecule has 1 saturated carbocycles. The Morgan fingerprint density at radius 2 is 2.33 bits per heavy atom. The summed E-state index contributed by atoms with van der Waals surface area (Å²) in [5, 5.41) is 10.8. The molecule has 3 rings (SSSR count). The molecule has 2 heterocycles. The molecule has 1 aliphatic carbocycles. The fourth-order valence-corrected chi connectivity index (χ4v) is 3.11. The maximum atomic E-state index is 12.5. The number of anilines is 1. The second-order valence-electron chi connectivity index (χ2n) is 5.82. The fourth-order valence-electron chi connectivity index (χ4n) is 2.71. The maximum Gasteiger partial charge on any atom is 0.291 e. The van der Waals surface area contributed by atoms with Gasteiger partial charge in [-0.3, -0.25) is 4.79 Å². The van der Waals surface area contributed by atoms with Crippen LogP contribution < -0.4 is 16.2 Å². The van der Waals surface area contributed by atoms with Gasteiger partial charge in [0.15, 0.2) is 0 Å². The molecule has 0 bridgehead atoms. The van der Waals surface area contributed by atoms with E-state index in [1.807, 2.05) is 0 Å². The van der Waals surface area contributed by atoms with Gasteiger partial charge in [-0.2, -0.15) is 5.10 Å². The van der Waals surface area contributed by atoms with Crippen molar-refractivity contribution in [1.29, 1.82) is 0 Å². The van der Waals surface area contributed by atoms with Crippen molar-refractivity contribution in [3.8, 4) is 0 Å². The van der Waals surface area contributed by atoms with E-state index in [0.29, 0.717) is 11.6 Å². The molecule has 0 radical (unpaired) electrons. The predicted molar refractivity (Wildman–Crippen MR) is 87.6 cm³/mol. The molecule has 2 N–H and O–H groups in total. The highest BCUT2D eigenvalue weighted by atomic mass is 79.9. The maximum absolute atomic E-state index is 12.5. The summed E-state index contributed by atoms with van der Waals surface area (Å²) in [5.74, 6) is 0.622. The molecule has 1 aromatic heterocycles. The lowest BCUT2D eigenvalue weighted by Gasteiger charge is -2.25. The van der Waals surface area contributed by atoms with Gasteiger partial charge in [0, 0.05) is 19.6 Å². The van der Waals surface area contributed by atoms with Crippen LogP contribution in [0.15, 0.2) is 27.1 Å². The number of aromatic nitrogens is 2. The summed E-state index contributed by atoms with van der Waals surface area (Å²) in [6.07, 6.45) is 8.66. The minimum atomic E-state index is -0.0224. The molecule has 114 valence electrons. The van der Waals surface area contributed by atoms with Crippen LogP contribution >= 0.6 is 15.9 Å². The summed E-state index contributed by atoms with van der Waals surface area (Å²) in [4.78, 5) is 12.5. The smallest absolute Gasteiger partial charge is 0.291 e. The number of nitrogens with zero attached hydrogens (tertiary/aromatic N) is 2. The standard InChI is InChI=1S/C15H21BrN4O/c16-13-9-19-20(10-12-2-1-3-12)15(21)14(13)18-8-11-4-6-17-7-5-11/h4,9,12,17-18H,1-3,5-8,10H2. The first-order chi connectivity index (χ1) is 10.2. The van der Waals surface area contributed by atoms with E-state index in [0.717, 1.165) is 37.1 Å². The van der Waals surface area contributed by atoms with Crippen LogP contribution in [0.3, 0.4) is 0 Å². The molecule has 0 aromatic carbocycles. The molecule has 0 unspecified atom stereocenters. The topological polar surface area (TPSA) is 59.0 Å². The van der Waals surface area contributed by atoms with Crippen molar-refractivity contribution in [2.24, 2.45) is 5.92 Å². The minimum Gasteiger partial charge on any atom is -0.376 e. The summed E-state index contributed by atoms with van der Waals surface area (Å²) in [7, 11) is 0. The van der Waals surface area contributed by atoms with Crippen LogP contribution in [-0.4, -0.2) is 29.4 Å². The van der Waals surface area contributed by atoms with E-state index >= 15 is 0 Å². The molecule has 0 spiro atoms. The van der Waals surface area contributed by atoms with Crippen molar-refractivity contribution in [3.63, 3.8) is 0 Å². The summed E-state index contributed by atoms with van der Waals surface area (Å²) < 4.78 is 2.35. The Morgan fingerprint density at radius 1 is 1.48 bits per heavy atom. The Balaban J connectivity index is 1.72. The number of halogens is 1. The molecule has 21 heavy (non-hydrogen) atoms. The fraction of sp³-hybridized carbons (Fsp3) is 0.600. The van der Waals surface area contributed by atoms with Crippen LogP contribution in [0.4, 0.5) is 5.69 Å². The molecule has 1 aliphatic heterocycles. The average molecular weight is 353 g/mol. The van der Waals surface area contributed by atoms with E-state index in [9.17, 15) is 4.79 Å². The van der Waals surface area contributed by atoms with Crippen molar-refractivity contribution in [1.82, 2.24) is 15.1 Å². The normalized spacial score (nSPS) is 19.0. The van der Waals surface area contributed by atoms with Crippen LogP contribution in [0.25, 0.3) is 0 Å². The number of hydrogen-bond acceptors (Lipinski definition) is 4. The molecule has 6 heteroatoms. The molecule has 0 amide bonds. The monoisotopic (exact) mass is 352 g/mol. The summed E-state index contributed by atoms with van der Waals surface area (Å²) >= 11 is 3.43. The minimum absolute atomic E-state index is 0.0224. The van der Waals surface area contributed by atoms with Gasteiger partial charge in [-0.15, -0.1) is 0 Å². The highest BCUT2D eigenvalue weighted by Crippen LogP contribution is 2.27.